The first-order chi connectivity index (χ1) is 9.07. The van der Waals surface area contributed by atoms with E-state index in [9.17, 15) is 9.90 Å². The quantitative estimate of drug-likeness (QED) is 0.692. The second kappa shape index (κ2) is 6.68. The molecule has 1 saturated carbocycles. The largest absolute Gasteiger partial charge is 0.388 e. The van der Waals surface area contributed by atoms with E-state index in [1.54, 1.807) is 0 Å². The summed E-state index contributed by atoms with van der Waals surface area (Å²) in [5.41, 5.74) is -0.705. The fourth-order valence-corrected chi connectivity index (χ4v) is 3.10. The molecule has 1 amide bonds. The van der Waals surface area contributed by atoms with Crippen molar-refractivity contribution < 1.29 is 14.6 Å². The van der Waals surface area contributed by atoms with Gasteiger partial charge in [-0.1, -0.05) is 19.8 Å². The van der Waals surface area contributed by atoms with Crippen LogP contribution in [-0.4, -0.2) is 49.0 Å². The predicted octanol–water partition coefficient (Wildman–Crippen LogP) is 0.422. The first kappa shape index (κ1) is 14.8. The molecule has 1 aliphatic carbocycles. The van der Waals surface area contributed by atoms with Crippen molar-refractivity contribution in [2.75, 3.05) is 26.3 Å². The van der Waals surface area contributed by atoms with E-state index < -0.39 is 5.60 Å². The molecule has 2 aliphatic rings. The molecule has 5 nitrogen and oxygen atoms in total. The maximum Gasteiger partial charge on any atom is 0.221 e. The fourth-order valence-electron chi connectivity index (χ4n) is 3.10. The normalized spacial score (nSPS) is 35.9. The average molecular weight is 270 g/mol. The Morgan fingerprint density at radius 1 is 1.58 bits per heavy atom. The van der Waals surface area contributed by atoms with Gasteiger partial charge in [-0.05, 0) is 18.8 Å². The lowest BCUT2D eigenvalue weighted by Gasteiger charge is -2.35. The Hall–Kier alpha value is -0.650. The summed E-state index contributed by atoms with van der Waals surface area (Å²) in [6.07, 6.45) is 4.23. The minimum Gasteiger partial charge on any atom is -0.388 e. The van der Waals surface area contributed by atoms with Gasteiger partial charge in [0.15, 0.2) is 0 Å². The second-order valence-electron chi connectivity index (χ2n) is 6.13. The second-order valence-corrected chi connectivity index (χ2v) is 6.13. The van der Waals surface area contributed by atoms with Crippen LogP contribution in [0.3, 0.4) is 0 Å². The van der Waals surface area contributed by atoms with Crippen LogP contribution in [0.1, 0.15) is 39.0 Å². The molecular formula is C14H26N2O3. The summed E-state index contributed by atoms with van der Waals surface area (Å²) in [6, 6.07) is 0.105. The fraction of sp³-hybridized carbons (Fsp3) is 0.929. The smallest absolute Gasteiger partial charge is 0.221 e. The van der Waals surface area contributed by atoms with Gasteiger partial charge in [0, 0.05) is 25.6 Å². The van der Waals surface area contributed by atoms with E-state index in [-0.39, 0.29) is 11.9 Å². The molecule has 1 aliphatic heterocycles. The van der Waals surface area contributed by atoms with Crippen LogP contribution in [0.5, 0.6) is 0 Å². The number of rotatable bonds is 4. The highest BCUT2D eigenvalue weighted by atomic mass is 16.5. The van der Waals surface area contributed by atoms with Crippen LogP contribution in [0, 0.1) is 5.92 Å². The minimum atomic E-state index is -0.705. The molecule has 110 valence electrons. The summed E-state index contributed by atoms with van der Waals surface area (Å²) in [6.45, 7) is 4.66. The van der Waals surface area contributed by atoms with E-state index >= 15 is 0 Å². The van der Waals surface area contributed by atoms with Crippen LogP contribution < -0.4 is 10.6 Å². The van der Waals surface area contributed by atoms with Crippen molar-refractivity contribution in [2.24, 2.45) is 5.92 Å². The van der Waals surface area contributed by atoms with E-state index in [0.29, 0.717) is 25.5 Å². The third-order valence-electron chi connectivity index (χ3n) is 4.11. The first-order valence-corrected chi connectivity index (χ1v) is 7.38. The van der Waals surface area contributed by atoms with Crippen molar-refractivity contribution in [2.45, 2.75) is 50.7 Å². The van der Waals surface area contributed by atoms with E-state index in [4.69, 9.17) is 4.74 Å². The van der Waals surface area contributed by atoms with Gasteiger partial charge in [-0.2, -0.15) is 0 Å². The molecule has 2 rings (SSSR count). The number of amides is 1. The van der Waals surface area contributed by atoms with E-state index in [1.165, 1.54) is 6.42 Å². The number of hydrogen-bond donors (Lipinski definition) is 3. The first-order valence-electron chi connectivity index (χ1n) is 7.38. The van der Waals surface area contributed by atoms with Gasteiger partial charge in [0.1, 0.15) is 0 Å². The van der Waals surface area contributed by atoms with E-state index in [2.05, 4.69) is 17.6 Å². The number of carbonyl (C=O) groups excluding carboxylic acids is 1. The number of hydrogen-bond acceptors (Lipinski definition) is 4. The summed E-state index contributed by atoms with van der Waals surface area (Å²) in [4.78, 5) is 11.9. The van der Waals surface area contributed by atoms with Gasteiger partial charge in [-0.15, -0.1) is 0 Å². The van der Waals surface area contributed by atoms with Crippen LogP contribution in [0.15, 0.2) is 0 Å². The van der Waals surface area contributed by atoms with Crippen molar-refractivity contribution in [3.05, 3.63) is 0 Å². The molecule has 3 atom stereocenters. The Morgan fingerprint density at radius 2 is 2.42 bits per heavy atom. The molecule has 2 fully saturated rings. The lowest BCUT2D eigenvalue weighted by Crippen LogP contribution is -2.48. The summed E-state index contributed by atoms with van der Waals surface area (Å²) < 4.78 is 5.32. The summed E-state index contributed by atoms with van der Waals surface area (Å²) in [5, 5.41) is 16.6. The molecule has 5 heteroatoms. The van der Waals surface area contributed by atoms with Gasteiger partial charge < -0.3 is 20.5 Å². The van der Waals surface area contributed by atoms with Crippen LogP contribution in [0.4, 0.5) is 0 Å². The zero-order valence-electron chi connectivity index (χ0n) is 11.8. The lowest BCUT2D eigenvalue weighted by atomic mass is 9.79. The molecule has 0 aromatic carbocycles. The van der Waals surface area contributed by atoms with E-state index in [1.807, 2.05) is 0 Å². The molecule has 1 saturated heterocycles. The Bertz CT molecular complexity index is 305. The van der Waals surface area contributed by atoms with Crippen molar-refractivity contribution in [1.82, 2.24) is 10.6 Å². The highest BCUT2D eigenvalue weighted by Gasteiger charge is 2.33. The number of aliphatic hydroxyl groups is 1. The average Bonchev–Trinajstić information content (AvgIpc) is 2.38. The van der Waals surface area contributed by atoms with Gasteiger partial charge in [0.05, 0.1) is 18.8 Å². The molecule has 0 aromatic heterocycles. The zero-order valence-corrected chi connectivity index (χ0v) is 11.8. The van der Waals surface area contributed by atoms with Crippen LogP contribution in [0.2, 0.25) is 0 Å². The summed E-state index contributed by atoms with van der Waals surface area (Å²) in [7, 11) is 0. The lowest BCUT2D eigenvalue weighted by molar-refractivity contribution is -0.124. The molecule has 0 aromatic rings. The monoisotopic (exact) mass is 270 g/mol. The zero-order chi connectivity index (χ0) is 13.7. The predicted molar refractivity (Wildman–Crippen MR) is 72.8 cm³/mol. The molecule has 3 N–H and O–H groups in total. The molecule has 0 radical (unpaired) electrons. The molecule has 3 unspecified atom stereocenters. The number of morpholine rings is 1. The van der Waals surface area contributed by atoms with Gasteiger partial charge in [-0.3, -0.25) is 4.79 Å². The number of carbonyl (C=O) groups is 1. The molecule has 19 heavy (non-hydrogen) atoms. The van der Waals surface area contributed by atoms with Gasteiger partial charge >= 0.3 is 0 Å². The number of nitrogens with one attached hydrogen (secondary N) is 2. The van der Waals surface area contributed by atoms with Crippen LogP contribution in [0.25, 0.3) is 0 Å². The topological polar surface area (TPSA) is 70.6 Å². The standard InChI is InChI=1S/C14H26N2O3/c1-11-3-2-4-14(18,8-11)10-16-13(17)7-12-9-19-6-5-15-12/h11-12,15,18H,2-10H2,1H3,(H,16,17). The Labute approximate surface area is 115 Å². The summed E-state index contributed by atoms with van der Waals surface area (Å²) >= 11 is 0. The highest BCUT2D eigenvalue weighted by Crippen LogP contribution is 2.31. The van der Waals surface area contributed by atoms with Crippen molar-refractivity contribution in [1.29, 1.82) is 0 Å². The third kappa shape index (κ3) is 4.75. The van der Waals surface area contributed by atoms with Gasteiger partial charge in [-0.25, -0.2) is 0 Å². The van der Waals surface area contributed by atoms with E-state index in [0.717, 1.165) is 32.4 Å². The van der Waals surface area contributed by atoms with Crippen molar-refractivity contribution in [3.8, 4) is 0 Å². The SMILES string of the molecule is CC1CCCC(O)(CNC(=O)CC2COCCN2)C1. The van der Waals surface area contributed by atoms with Crippen LogP contribution in [-0.2, 0) is 9.53 Å². The third-order valence-corrected chi connectivity index (χ3v) is 4.11. The van der Waals surface area contributed by atoms with Gasteiger partial charge in [0.25, 0.3) is 0 Å². The maximum absolute atomic E-state index is 11.9. The Balaban J connectivity index is 1.70. The Morgan fingerprint density at radius 3 is 3.11 bits per heavy atom. The maximum atomic E-state index is 11.9. The Kier molecular flexibility index (Phi) is 5.19. The summed E-state index contributed by atoms with van der Waals surface area (Å²) in [5.74, 6) is 0.540. The molecule has 0 bridgehead atoms. The minimum absolute atomic E-state index is 0.00495. The molecule has 1 heterocycles. The number of ether oxygens (including phenoxy) is 1. The highest BCUT2D eigenvalue weighted by molar-refractivity contribution is 5.76. The van der Waals surface area contributed by atoms with Crippen LogP contribution >= 0.6 is 0 Å². The molecule has 0 spiro atoms. The van der Waals surface area contributed by atoms with Crippen molar-refractivity contribution >= 4 is 5.91 Å². The molecular weight excluding hydrogens is 244 g/mol. The van der Waals surface area contributed by atoms with Crippen molar-refractivity contribution in [3.63, 3.8) is 0 Å². The van der Waals surface area contributed by atoms with Gasteiger partial charge in [0.2, 0.25) is 5.91 Å².